The second-order valence-electron chi connectivity index (χ2n) is 4.39. The van der Waals surface area contributed by atoms with Gasteiger partial charge in [0.15, 0.2) is 0 Å². The SMILES string of the molecule is COC1CN(c2cccc(Cl)c2CN)CC1OC. The Morgan fingerprint density at radius 3 is 2.39 bits per heavy atom. The molecule has 4 nitrogen and oxygen atoms in total. The molecule has 0 aromatic heterocycles. The molecule has 2 atom stereocenters. The summed E-state index contributed by atoms with van der Waals surface area (Å²) in [5.41, 5.74) is 7.83. The van der Waals surface area contributed by atoms with Crippen molar-refractivity contribution in [3.8, 4) is 0 Å². The number of rotatable bonds is 4. The number of nitrogens with zero attached hydrogens (tertiary/aromatic N) is 1. The van der Waals surface area contributed by atoms with E-state index >= 15 is 0 Å². The zero-order chi connectivity index (χ0) is 13.1. The fraction of sp³-hybridized carbons (Fsp3) is 0.538. The average molecular weight is 271 g/mol. The van der Waals surface area contributed by atoms with Crippen LogP contribution < -0.4 is 10.6 Å². The van der Waals surface area contributed by atoms with E-state index in [0.717, 1.165) is 24.3 Å². The summed E-state index contributed by atoms with van der Waals surface area (Å²) in [6.45, 7) is 2.02. The molecule has 1 aliphatic heterocycles. The molecule has 2 rings (SSSR count). The zero-order valence-corrected chi connectivity index (χ0v) is 11.5. The third-order valence-electron chi connectivity index (χ3n) is 3.46. The molecule has 1 aromatic carbocycles. The Morgan fingerprint density at radius 1 is 1.28 bits per heavy atom. The summed E-state index contributed by atoms with van der Waals surface area (Å²) in [6, 6.07) is 5.85. The van der Waals surface area contributed by atoms with Crippen LogP contribution in [-0.4, -0.2) is 39.5 Å². The largest absolute Gasteiger partial charge is 0.377 e. The van der Waals surface area contributed by atoms with Crippen molar-refractivity contribution in [1.82, 2.24) is 0 Å². The van der Waals surface area contributed by atoms with Gasteiger partial charge in [-0.05, 0) is 12.1 Å². The number of nitrogens with two attached hydrogens (primary N) is 1. The maximum absolute atomic E-state index is 6.18. The lowest BCUT2D eigenvalue weighted by molar-refractivity contribution is -0.00461. The molecule has 100 valence electrons. The number of benzene rings is 1. The van der Waals surface area contributed by atoms with E-state index in [2.05, 4.69) is 4.90 Å². The minimum absolute atomic E-state index is 0.0830. The molecule has 0 amide bonds. The van der Waals surface area contributed by atoms with Crippen LogP contribution in [0.2, 0.25) is 5.02 Å². The predicted octanol–water partition coefficient (Wildman–Crippen LogP) is 1.65. The van der Waals surface area contributed by atoms with Crippen LogP contribution in [0.4, 0.5) is 5.69 Å². The van der Waals surface area contributed by atoms with Gasteiger partial charge < -0.3 is 20.1 Å². The quantitative estimate of drug-likeness (QED) is 0.904. The van der Waals surface area contributed by atoms with Crippen molar-refractivity contribution in [3.63, 3.8) is 0 Å². The molecule has 1 aromatic rings. The Hall–Kier alpha value is -0.810. The lowest BCUT2D eigenvalue weighted by Crippen LogP contribution is -2.27. The van der Waals surface area contributed by atoms with Crippen LogP contribution in [0, 0.1) is 0 Å². The molecule has 1 fully saturated rings. The number of halogens is 1. The second kappa shape index (κ2) is 5.89. The second-order valence-corrected chi connectivity index (χ2v) is 4.80. The summed E-state index contributed by atoms with van der Waals surface area (Å²) in [7, 11) is 3.42. The normalized spacial score (nSPS) is 23.7. The Morgan fingerprint density at radius 2 is 1.89 bits per heavy atom. The Labute approximate surface area is 113 Å². The first-order valence-electron chi connectivity index (χ1n) is 5.99. The molecule has 2 unspecified atom stereocenters. The van der Waals surface area contributed by atoms with Crippen molar-refractivity contribution < 1.29 is 9.47 Å². The average Bonchev–Trinajstić information content (AvgIpc) is 2.81. The minimum Gasteiger partial charge on any atom is -0.377 e. The molecule has 0 radical (unpaired) electrons. The van der Waals surface area contributed by atoms with Crippen LogP contribution in [0.25, 0.3) is 0 Å². The molecule has 1 aliphatic rings. The molecule has 18 heavy (non-hydrogen) atoms. The van der Waals surface area contributed by atoms with Crippen LogP contribution in [0.3, 0.4) is 0 Å². The monoisotopic (exact) mass is 270 g/mol. The number of hydrogen-bond acceptors (Lipinski definition) is 4. The molecule has 5 heteroatoms. The maximum atomic E-state index is 6.18. The van der Waals surface area contributed by atoms with Gasteiger partial charge in [0.2, 0.25) is 0 Å². The summed E-state index contributed by atoms with van der Waals surface area (Å²) < 4.78 is 10.9. The van der Waals surface area contributed by atoms with E-state index in [1.807, 2.05) is 18.2 Å². The first kappa shape index (κ1) is 13.6. The summed E-state index contributed by atoms with van der Waals surface area (Å²) in [5.74, 6) is 0. The van der Waals surface area contributed by atoms with Crippen molar-refractivity contribution >= 4 is 17.3 Å². The summed E-state index contributed by atoms with van der Waals surface area (Å²) in [5, 5.41) is 0.713. The van der Waals surface area contributed by atoms with E-state index < -0.39 is 0 Å². The number of ether oxygens (including phenoxy) is 2. The van der Waals surface area contributed by atoms with E-state index in [4.69, 9.17) is 26.8 Å². The number of hydrogen-bond donors (Lipinski definition) is 1. The van der Waals surface area contributed by atoms with Gasteiger partial charge >= 0.3 is 0 Å². The Bertz CT molecular complexity index is 402. The number of methoxy groups -OCH3 is 2. The first-order valence-corrected chi connectivity index (χ1v) is 6.37. The van der Waals surface area contributed by atoms with Crippen LogP contribution in [0.1, 0.15) is 5.56 Å². The van der Waals surface area contributed by atoms with Gasteiger partial charge in [-0.25, -0.2) is 0 Å². The van der Waals surface area contributed by atoms with E-state index in [-0.39, 0.29) is 12.2 Å². The Balaban J connectivity index is 2.25. The molecular formula is C13H19ClN2O2. The van der Waals surface area contributed by atoms with E-state index in [1.54, 1.807) is 14.2 Å². The van der Waals surface area contributed by atoms with E-state index in [9.17, 15) is 0 Å². The Kier molecular flexibility index (Phi) is 4.45. The van der Waals surface area contributed by atoms with Crippen molar-refractivity contribution in [3.05, 3.63) is 28.8 Å². The highest BCUT2D eigenvalue weighted by Crippen LogP contribution is 2.30. The smallest absolute Gasteiger partial charge is 0.102 e. The fourth-order valence-corrected chi connectivity index (χ4v) is 2.69. The highest BCUT2D eigenvalue weighted by Gasteiger charge is 2.33. The zero-order valence-electron chi connectivity index (χ0n) is 10.7. The fourth-order valence-electron chi connectivity index (χ4n) is 2.44. The van der Waals surface area contributed by atoms with Gasteiger partial charge in [-0.3, -0.25) is 0 Å². The van der Waals surface area contributed by atoms with Crippen LogP contribution in [0.15, 0.2) is 18.2 Å². The van der Waals surface area contributed by atoms with Crippen molar-refractivity contribution in [1.29, 1.82) is 0 Å². The van der Waals surface area contributed by atoms with Gasteiger partial charge in [0.25, 0.3) is 0 Å². The molecule has 0 aliphatic carbocycles. The van der Waals surface area contributed by atoms with Gasteiger partial charge in [-0.15, -0.1) is 0 Å². The summed E-state index contributed by atoms with van der Waals surface area (Å²) >= 11 is 6.18. The van der Waals surface area contributed by atoms with Gasteiger partial charge in [-0.2, -0.15) is 0 Å². The topological polar surface area (TPSA) is 47.7 Å². The predicted molar refractivity (Wildman–Crippen MR) is 73.2 cm³/mol. The third kappa shape index (κ3) is 2.47. The summed E-state index contributed by atoms with van der Waals surface area (Å²) in [6.07, 6.45) is 0.166. The standard InChI is InChI=1S/C13H19ClN2O2/c1-17-12-7-16(8-13(12)18-2)11-5-3-4-10(14)9(11)6-15/h3-5,12-13H,6-8,15H2,1-2H3. The molecule has 0 saturated carbocycles. The molecule has 1 saturated heterocycles. The van der Waals surface area contributed by atoms with Crippen LogP contribution >= 0.6 is 11.6 Å². The van der Waals surface area contributed by atoms with Crippen molar-refractivity contribution in [2.45, 2.75) is 18.8 Å². The first-order chi connectivity index (χ1) is 8.71. The highest BCUT2D eigenvalue weighted by atomic mass is 35.5. The van der Waals surface area contributed by atoms with E-state index in [1.165, 1.54) is 0 Å². The van der Waals surface area contributed by atoms with Gasteiger partial charge in [0.1, 0.15) is 12.2 Å². The molecule has 0 bridgehead atoms. The van der Waals surface area contributed by atoms with Crippen LogP contribution in [0.5, 0.6) is 0 Å². The molecule has 0 spiro atoms. The van der Waals surface area contributed by atoms with Gasteiger partial charge in [0.05, 0.1) is 0 Å². The molecule has 1 heterocycles. The van der Waals surface area contributed by atoms with Crippen molar-refractivity contribution in [2.75, 3.05) is 32.2 Å². The summed E-state index contributed by atoms with van der Waals surface area (Å²) in [4.78, 5) is 2.22. The highest BCUT2D eigenvalue weighted by molar-refractivity contribution is 6.31. The molecular weight excluding hydrogens is 252 g/mol. The van der Waals surface area contributed by atoms with Gasteiger partial charge in [0, 0.05) is 50.1 Å². The lowest BCUT2D eigenvalue weighted by Gasteiger charge is -2.22. The van der Waals surface area contributed by atoms with Crippen molar-refractivity contribution in [2.24, 2.45) is 5.73 Å². The lowest BCUT2D eigenvalue weighted by atomic mass is 10.1. The van der Waals surface area contributed by atoms with Crippen LogP contribution in [-0.2, 0) is 16.0 Å². The maximum Gasteiger partial charge on any atom is 0.102 e. The van der Waals surface area contributed by atoms with Gasteiger partial charge in [-0.1, -0.05) is 17.7 Å². The minimum atomic E-state index is 0.0830. The van der Waals surface area contributed by atoms with E-state index in [0.29, 0.717) is 11.6 Å². The molecule has 2 N–H and O–H groups in total. The third-order valence-corrected chi connectivity index (χ3v) is 3.81. The number of anilines is 1.